The van der Waals surface area contributed by atoms with Gasteiger partial charge in [0.05, 0.1) is 7.11 Å². The summed E-state index contributed by atoms with van der Waals surface area (Å²) in [4.78, 5) is 40.8. The highest BCUT2D eigenvalue weighted by Crippen LogP contribution is 2.37. The van der Waals surface area contributed by atoms with Crippen LogP contribution < -0.4 is 20.7 Å². The van der Waals surface area contributed by atoms with Crippen LogP contribution in [0, 0.1) is 6.92 Å². The average Bonchev–Trinajstić information content (AvgIpc) is 3.09. The summed E-state index contributed by atoms with van der Waals surface area (Å²) in [6.45, 7) is 1.94. The van der Waals surface area contributed by atoms with E-state index in [0.29, 0.717) is 22.7 Å². The molecule has 0 aromatic heterocycles. The summed E-state index contributed by atoms with van der Waals surface area (Å²) in [5.41, 5.74) is 4.39. The standard InChI is InChI=1S/C38H33N3O4S/c1-26-11-9-10-16-29(26)25-34(41-36(42)28-14-7-4-8-15-28)37(43)39-31-19-23-33(24-20-31)46-35(27-12-5-3-6-13-27)38(44)40-30-17-21-32(45-2)22-18-30/h3-25,35H,1-2H3,(H,39,43)(H,40,44)(H,41,42)/b34-25-. The molecule has 0 spiro atoms. The number of amides is 3. The van der Waals surface area contributed by atoms with Crippen molar-refractivity contribution in [1.82, 2.24) is 5.32 Å². The molecule has 5 aromatic carbocycles. The van der Waals surface area contributed by atoms with Crippen molar-refractivity contribution in [2.24, 2.45) is 0 Å². The fourth-order valence-electron chi connectivity index (χ4n) is 4.58. The minimum absolute atomic E-state index is 0.112. The Labute approximate surface area is 272 Å². The summed E-state index contributed by atoms with van der Waals surface area (Å²) >= 11 is 1.40. The molecule has 1 atom stereocenters. The van der Waals surface area contributed by atoms with Crippen LogP contribution in [0.15, 0.2) is 144 Å². The van der Waals surface area contributed by atoms with Gasteiger partial charge < -0.3 is 20.7 Å². The van der Waals surface area contributed by atoms with Gasteiger partial charge in [-0.1, -0.05) is 72.8 Å². The van der Waals surface area contributed by atoms with Gasteiger partial charge in [-0.3, -0.25) is 14.4 Å². The zero-order valence-electron chi connectivity index (χ0n) is 25.4. The third kappa shape index (κ3) is 8.52. The molecule has 0 aliphatic heterocycles. The van der Waals surface area contributed by atoms with Crippen LogP contribution in [0.2, 0.25) is 0 Å². The van der Waals surface area contributed by atoms with E-state index >= 15 is 0 Å². The highest BCUT2D eigenvalue weighted by molar-refractivity contribution is 8.00. The highest BCUT2D eigenvalue weighted by atomic mass is 32.2. The van der Waals surface area contributed by atoms with Crippen molar-refractivity contribution in [3.8, 4) is 5.75 Å². The van der Waals surface area contributed by atoms with Gasteiger partial charge in [0.25, 0.3) is 11.8 Å². The number of thioether (sulfide) groups is 1. The van der Waals surface area contributed by atoms with Crippen molar-refractivity contribution in [3.63, 3.8) is 0 Å². The van der Waals surface area contributed by atoms with E-state index in [0.717, 1.165) is 21.6 Å². The third-order valence-electron chi connectivity index (χ3n) is 7.08. The predicted octanol–water partition coefficient (Wildman–Crippen LogP) is 7.89. The van der Waals surface area contributed by atoms with Gasteiger partial charge >= 0.3 is 0 Å². The Morgan fingerprint density at radius 1 is 0.696 bits per heavy atom. The number of anilines is 2. The SMILES string of the molecule is COc1ccc(NC(=O)C(Sc2ccc(NC(=O)/C(=C/c3ccccc3C)NC(=O)c3ccccc3)cc2)c2ccccc2)cc1. The first-order valence-electron chi connectivity index (χ1n) is 14.6. The molecule has 3 N–H and O–H groups in total. The second kappa shape index (κ2) is 15.4. The van der Waals surface area contributed by atoms with Crippen LogP contribution in [0.4, 0.5) is 11.4 Å². The Balaban J connectivity index is 1.32. The normalized spacial score (nSPS) is 11.7. The highest BCUT2D eigenvalue weighted by Gasteiger charge is 2.23. The number of carbonyl (C=O) groups is 3. The van der Waals surface area contributed by atoms with E-state index in [9.17, 15) is 14.4 Å². The molecule has 0 heterocycles. The van der Waals surface area contributed by atoms with E-state index in [1.165, 1.54) is 11.8 Å². The van der Waals surface area contributed by atoms with Crippen LogP contribution >= 0.6 is 11.8 Å². The van der Waals surface area contributed by atoms with Gasteiger partial charge in [-0.2, -0.15) is 0 Å². The summed E-state index contributed by atoms with van der Waals surface area (Å²) in [7, 11) is 1.59. The smallest absolute Gasteiger partial charge is 0.272 e. The Hall–Kier alpha value is -5.60. The second-order valence-electron chi connectivity index (χ2n) is 10.3. The van der Waals surface area contributed by atoms with E-state index in [-0.39, 0.29) is 17.5 Å². The number of hydrogen-bond donors (Lipinski definition) is 3. The molecule has 0 aliphatic rings. The van der Waals surface area contributed by atoms with Crippen molar-refractivity contribution >= 4 is 46.9 Å². The van der Waals surface area contributed by atoms with Gasteiger partial charge in [0, 0.05) is 21.8 Å². The fourth-order valence-corrected chi connectivity index (χ4v) is 5.61. The van der Waals surface area contributed by atoms with Crippen LogP contribution in [-0.2, 0) is 9.59 Å². The molecule has 46 heavy (non-hydrogen) atoms. The monoisotopic (exact) mass is 627 g/mol. The molecular weight excluding hydrogens is 595 g/mol. The van der Waals surface area contributed by atoms with E-state index in [2.05, 4.69) is 16.0 Å². The molecule has 8 heteroatoms. The average molecular weight is 628 g/mol. The molecule has 0 fully saturated rings. The number of methoxy groups -OCH3 is 1. The van der Waals surface area contributed by atoms with Gasteiger partial charge in [-0.15, -0.1) is 11.8 Å². The van der Waals surface area contributed by atoms with Crippen LogP contribution in [0.1, 0.15) is 32.3 Å². The first kappa shape index (κ1) is 31.8. The molecule has 0 aliphatic carbocycles. The zero-order chi connectivity index (χ0) is 32.3. The van der Waals surface area contributed by atoms with Crippen molar-refractivity contribution < 1.29 is 19.1 Å². The molecule has 7 nitrogen and oxygen atoms in total. The van der Waals surface area contributed by atoms with Gasteiger partial charge in [0.2, 0.25) is 5.91 Å². The molecule has 0 saturated heterocycles. The van der Waals surface area contributed by atoms with Crippen molar-refractivity contribution in [2.75, 3.05) is 17.7 Å². The first-order chi connectivity index (χ1) is 22.4. The van der Waals surface area contributed by atoms with Crippen molar-refractivity contribution in [1.29, 1.82) is 0 Å². The van der Waals surface area contributed by atoms with E-state index in [1.54, 1.807) is 73.8 Å². The quantitative estimate of drug-likeness (QED) is 0.102. The van der Waals surface area contributed by atoms with Gasteiger partial charge in [0.1, 0.15) is 16.7 Å². The molecule has 230 valence electrons. The van der Waals surface area contributed by atoms with Crippen molar-refractivity contribution in [2.45, 2.75) is 17.1 Å². The van der Waals surface area contributed by atoms with Gasteiger partial charge in [-0.05, 0) is 90.4 Å². The summed E-state index contributed by atoms with van der Waals surface area (Å²) < 4.78 is 5.22. The first-order valence-corrected chi connectivity index (χ1v) is 15.5. The summed E-state index contributed by atoms with van der Waals surface area (Å²) in [5, 5.41) is 8.15. The summed E-state index contributed by atoms with van der Waals surface area (Å²) in [6, 6.07) is 40.4. The lowest BCUT2D eigenvalue weighted by atomic mass is 10.1. The molecule has 3 amide bonds. The number of aryl methyl sites for hydroxylation is 1. The molecule has 1 unspecified atom stereocenters. The summed E-state index contributed by atoms with van der Waals surface area (Å²) in [5.74, 6) is -0.314. The maximum atomic E-state index is 13.5. The fraction of sp³-hybridized carbons (Fsp3) is 0.0789. The topological polar surface area (TPSA) is 96.5 Å². The van der Waals surface area contributed by atoms with Crippen LogP contribution in [0.5, 0.6) is 5.75 Å². The number of benzene rings is 5. The maximum Gasteiger partial charge on any atom is 0.272 e. The molecule has 0 bridgehead atoms. The Kier molecular flexibility index (Phi) is 10.7. The molecular formula is C38H33N3O4S. The summed E-state index contributed by atoms with van der Waals surface area (Å²) in [6.07, 6.45) is 1.67. The molecule has 0 saturated carbocycles. The largest absolute Gasteiger partial charge is 0.497 e. The van der Waals surface area contributed by atoms with Crippen LogP contribution in [-0.4, -0.2) is 24.8 Å². The van der Waals surface area contributed by atoms with E-state index < -0.39 is 11.2 Å². The maximum absolute atomic E-state index is 13.5. The lowest BCUT2D eigenvalue weighted by Gasteiger charge is -2.18. The Morgan fingerprint density at radius 2 is 1.28 bits per heavy atom. The third-order valence-corrected chi connectivity index (χ3v) is 8.35. The number of nitrogens with one attached hydrogen (secondary N) is 3. The Bertz CT molecular complexity index is 1820. The van der Waals surface area contributed by atoms with Gasteiger partial charge in [0.15, 0.2) is 0 Å². The molecule has 0 radical (unpaired) electrons. The number of hydrogen-bond acceptors (Lipinski definition) is 5. The molecule has 5 aromatic rings. The minimum Gasteiger partial charge on any atom is -0.497 e. The minimum atomic E-state index is -0.527. The van der Waals surface area contributed by atoms with Gasteiger partial charge in [-0.25, -0.2) is 0 Å². The van der Waals surface area contributed by atoms with E-state index in [1.807, 2.05) is 79.7 Å². The number of carbonyl (C=O) groups excluding carboxylic acids is 3. The van der Waals surface area contributed by atoms with E-state index in [4.69, 9.17) is 4.74 Å². The van der Waals surface area contributed by atoms with Crippen LogP contribution in [0.3, 0.4) is 0 Å². The van der Waals surface area contributed by atoms with Crippen molar-refractivity contribution in [3.05, 3.63) is 161 Å². The lowest BCUT2D eigenvalue weighted by Crippen LogP contribution is -2.30. The molecule has 5 rings (SSSR count). The second-order valence-corrected chi connectivity index (χ2v) is 11.5. The van der Waals surface area contributed by atoms with Crippen LogP contribution in [0.25, 0.3) is 6.08 Å². The zero-order valence-corrected chi connectivity index (χ0v) is 26.2. The number of rotatable bonds is 11. The predicted molar refractivity (Wildman–Crippen MR) is 185 cm³/mol. The number of ether oxygens (including phenoxy) is 1. The lowest BCUT2D eigenvalue weighted by molar-refractivity contribution is -0.116. The Morgan fingerprint density at radius 3 is 1.93 bits per heavy atom.